The number of nitrogens with one attached hydrogen (secondary N) is 10. The minimum atomic E-state index is -0.474. The minimum absolute atomic E-state index is 0. The van der Waals surface area contributed by atoms with Crippen molar-refractivity contribution < 1.29 is 38.4 Å². The second kappa shape index (κ2) is 27.7. The van der Waals surface area contributed by atoms with Crippen molar-refractivity contribution in [2.45, 2.75) is 51.4 Å². The lowest BCUT2D eigenvalue weighted by atomic mass is 10.1. The van der Waals surface area contributed by atoms with Gasteiger partial charge in [0.25, 0.3) is 35.4 Å². The van der Waals surface area contributed by atoms with Crippen molar-refractivity contribution >= 4 is 118 Å². The number of rotatable bonds is 25. The lowest BCUT2D eigenvalue weighted by Gasteiger charge is -2.04. The van der Waals surface area contributed by atoms with Crippen LogP contribution in [-0.2, 0) is 51.9 Å². The van der Waals surface area contributed by atoms with Crippen molar-refractivity contribution in [3.05, 3.63) is 108 Å². The topological polar surface area (TPSA) is 362 Å². The molecular formula is C50H66Cl2N18O8. The van der Waals surface area contributed by atoms with Crippen molar-refractivity contribution in [3.63, 3.8) is 0 Å². The molecule has 418 valence electrons. The molecule has 0 saturated heterocycles. The van der Waals surface area contributed by atoms with Crippen LogP contribution in [0.1, 0.15) is 114 Å². The molecule has 0 spiro atoms. The average Bonchev–Trinajstić information content (AvgIpc) is 4.20. The van der Waals surface area contributed by atoms with Gasteiger partial charge in [-0.3, -0.25) is 49.2 Å². The summed E-state index contributed by atoms with van der Waals surface area (Å²) in [7, 11) is 9.95. The molecule has 78 heavy (non-hydrogen) atoms. The number of anilines is 6. The summed E-state index contributed by atoms with van der Waals surface area (Å²) in [6.45, 7) is 0.396. The van der Waals surface area contributed by atoms with Crippen LogP contribution in [0, 0.1) is 10.8 Å². The normalized spacial score (nSPS) is 10.6. The highest BCUT2D eigenvalue weighted by atomic mass is 35.5. The molecule has 28 heteroatoms. The fourth-order valence-electron chi connectivity index (χ4n) is 8.11. The SMILES string of the molecule is Cl.Cl.Cn1cc(NC(=O)c2cc(NC(=O)c3cc(NC(=O)CCCCCCC(=O)Nc4cc(C(=O)Nc5cc(C(=O)Nc6cc(C(=O)NCCC(=N)N)n(C)c6)n(C)c5)n(C)c4)cn3C)cn2C)cc1C(=O)NCCC(=N)N. The van der Waals surface area contributed by atoms with E-state index in [0.29, 0.717) is 71.2 Å². The predicted octanol–water partition coefficient (Wildman–Crippen LogP) is 4.60. The third-order valence-electron chi connectivity index (χ3n) is 11.9. The number of nitrogens with zero attached hydrogens (tertiary/aromatic N) is 6. The van der Waals surface area contributed by atoms with Gasteiger partial charge < -0.3 is 81.4 Å². The molecular weight excluding hydrogens is 1050 g/mol. The first-order valence-corrected chi connectivity index (χ1v) is 24.1. The fraction of sp³-hybridized carbons (Fsp3) is 0.320. The molecule has 0 aliphatic rings. The van der Waals surface area contributed by atoms with Crippen molar-refractivity contribution in [3.8, 4) is 0 Å². The third-order valence-corrected chi connectivity index (χ3v) is 11.9. The Morgan fingerprint density at radius 3 is 0.808 bits per heavy atom. The van der Waals surface area contributed by atoms with E-state index in [0.717, 1.165) is 0 Å². The summed E-state index contributed by atoms with van der Waals surface area (Å²) in [5, 5.41) is 36.7. The highest BCUT2D eigenvalue weighted by molar-refractivity contribution is 6.09. The van der Waals surface area contributed by atoms with Crippen molar-refractivity contribution in [1.82, 2.24) is 38.0 Å². The van der Waals surface area contributed by atoms with E-state index in [1.54, 1.807) is 119 Å². The maximum absolute atomic E-state index is 13.3. The maximum Gasteiger partial charge on any atom is 0.272 e. The average molecular weight is 1120 g/mol. The second-order valence-electron chi connectivity index (χ2n) is 18.2. The number of hydrogen-bond donors (Lipinski definition) is 12. The molecule has 0 bridgehead atoms. The summed E-state index contributed by atoms with van der Waals surface area (Å²) in [4.78, 5) is 104. The zero-order valence-corrected chi connectivity index (χ0v) is 45.6. The van der Waals surface area contributed by atoms with Gasteiger partial charge in [-0.15, -0.1) is 24.8 Å². The third kappa shape index (κ3) is 16.7. The first-order valence-electron chi connectivity index (χ1n) is 24.1. The predicted molar refractivity (Wildman–Crippen MR) is 301 cm³/mol. The minimum Gasteiger partial charge on any atom is -0.388 e. The molecule has 0 aromatic carbocycles. The van der Waals surface area contributed by atoms with Gasteiger partial charge in [0.05, 0.1) is 45.8 Å². The van der Waals surface area contributed by atoms with E-state index in [1.165, 1.54) is 24.3 Å². The Morgan fingerprint density at radius 1 is 0.359 bits per heavy atom. The Bertz CT molecular complexity index is 3020. The number of amides is 8. The summed E-state index contributed by atoms with van der Waals surface area (Å²) in [6, 6.07) is 9.16. The molecule has 6 rings (SSSR count). The Morgan fingerprint density at radius 2 is 0.577 bits per heavy atom. The van der Waals surface area contributed by atoms with Gasteiger partial charge in [0.15, 0.2) is 0 Å². The first kappa shape index (κ1) is 61.5. The smallest absolute Gasteiger partial charge is 0.272 e. The van der Waals surface area contributed by atoms with Gasteiger partial charge in [0, 0.05) is 118 Å². The number of halogens is 2. The van der Waals surface area contributed by atoms with Crippen molar-refractivity contribution in [2.24, 2.45) is 53.8 Å². The summed E-state index contributed by atoms with van der Waals surface area (Å²) >= 11 is 0. The quantitative estimate of drug-likeness (QED) is 0.0215. The molecule has 0 unspecified atom stereocenters. The maximum atomic E-state index is 13.3. The van der Waals surface area contributed by atoms with Crippen molar-refractivity contribution in [1.29, 1.82) is 10.8 Å². The van der Waals surface area contributed by atoms with Gasteiger partial charge in [-0.25, -0.2) is 0 Å². The largest absolute Gasteiger partial charge is 0.388 e. The molecule has 0 fully saturated rings. The Labute approximate surface area is 461 Å². The van der Waals surface area contributed by atoms with Gasteiger partial charge in [0.2, 0.25) is 11.8 Å². The molecule has 0 aliphatic carbocycles. The molecule has 0 aliphatic heterocycles. The molecule has 6 heterocycles. The van der Waals surface area contributed by atoms with E-state index < -0.39 is 23.6 Å². The number of carbonyl (C=O) groups excluding carboxylic acids is 8. The van der Waals surface area contributed by atoms with Crippen molar-refractivity contribution in [2.75, 3.05) is 45.0 Å². The Balaban J connectivity index is 0.00000656. The van der Waals surface area contributed by atoms with Crippen LogP contribution in [0.25, 0.3) is 0 Å². The Hall–Kier alpha value is -9.04. The van der Waals surface area contributed by atoms with Crippen LogP contribution in [0.2, 0.25) is 0 Å². The molecule has 6 aromatic heterocycles. The lowest BCUT2D eigenvalue weighted by molar-refractivity contribution is -0.117. The van der Waals surface area contributed by atoms with Gasteiger partial charge in [-0.2, -0.15) is 0 Å². The number of unbranched alkanes of at least 4 members (excludes halogenated alkanes) is 3. The number of nitrogens with two attached hydrogens (primary N) is 2. The van der Waals surface area contributed by atoms with Crippen LogP contribution in [0.4, 0.5) is 34.1 Å². The van der Waals surface area contributed by atoms with Gasteiger partial charge in [0.1, 0.15) is 34.2 Å². The number of carbonyl (C=O) groups is 8. The highest BCUT2D eigenvalue weighted by Gasteiger charge is 2.22. The number of aromatic nitrogens is 6. The molecule has 14 N–H and O–H groups in total. The zero-order valence-electron chi connectivity index (χ0n) is 43.9. The van der Waals surface area contributed by atoms with E-state index in [9.17, 15) is 38.4 Å². The standard InChI is InChI=1S/C50H64N18O8.2ClH/c1-63-25-31(19-35(63)45(71)55-15-13-41(51)52)59-49(75)39-21-33(27-67(39)5)61-47(73)37-17-29(23-65(37)3)57-43(69)11-9-7-8-10-12-44(70)58-30-18-38(66(4)24-30)48(74)62-34-22-40(68(6)28-34)50(76)60-32-20-36(64(2)26-32)46(72)56-16-14-42(53)54;;/h17-28H,7-16H2,1-6H3,(H3,51,52)(H3,53,54)(H,55,71)(H,56,72)(H,57,69)(H,58,70)(H,59,75)(H,60,76)(H,61,73)(H,62,74);2*1H. The summed E-state index contributed by atoms with van der Waals surface area (Å²) < 4.78 is 9.36. The van der Waals surface area contributed by atoms with E-state index in [1.807, 2.05) is 0 Å². The highest BCUT2D eigenvalue weighted by Crippen LogP contribution is 2.23. The molecule has 0 radical (unpaired) electrons. The van der Waals surface area contributed by atoms with Crippen LogP contribution < -0.4 is 54.0 Å². The van der Waals surface area contributed by atoms with Gasteiger partial charge in [-0.1, -0.05) is 12.8 Å². The number of hydrogen-bond acceptors (Lipinski definition) is 10. The van der Waals surface area contributed by atoms with Gasteiger partial charge in [-0.05, 0) is 49.2 Å². The molecule has 6 aromatic rings. The van der Waals surface area contributed by atoms with Crippen LogP contribution in [0.3, 0.4) is 0 Å². The van der Waals surface area contributed by atoms with Crippen LogP contribution in [0.15, 0.2) is 73.6 Å². The van der Waals surface area contributed by atoms with Crippen LogP contribution >= 0.6 is 24.8 Å². The van der Waals surface area contributed by atoms with E-state index in [2.05, 4.69) is 42.5 Å². The molecule has 0 saturated carbocycles. The second-order valence-corrected chi connectivity index (χ2v) is 18.2. The molecule has 26 nitrogen and oxygen atoms in total. The van der Waals surface area contributed by atoms with Gasteiger partial charge >= 0.3 is 0 Å². The summed E-state index contributed by atoms with van der Waals surface area (Å²) in [6.07, 6.45) is 13.0. The lowest BCUT2D eigenvalue weighted by Crippen LogP contribution is -2.28. The Kier molecular flexibility index (Phi) is 21.8. The van der Waals surface area contributed by atoms with E-state index in [4.69, 9.17) is 22.3 Å². The van der Waals surface area contributed by atoms with Crippen LogP contribution in [-0.4, -0.2) is 99.4 Å². The van der Waals surface area contributed by atoms with Crippen LogP contribution in [0.5, 0.6) is 0 Å². The number of aryl methyl sites for hydroxylation is 6. The summed E-state index contributed by atoms with van der Waals surface area (Å²) in [5.74, 6) is -3.22. The van der Waals surface area contributed by atoms with E-state index in [-0.39, 0.29) is 122 Å². The first-order chi connectivity index (χ1) is 36.0. The monoisotopic (exact) mass is 1120 g/mol. The fourth-order valence-corrected chi connectivity index (χ4v) is 8.11. The molecule has 8 amide bonds. The molecule has 0 atom stereocenters. The number of amidine groups is 2. The van der Waals surface area contributed by atoms with E-state index >= 15 is 0 Å². The zero-order chi connectivity index (χ0) is 55.4. The summed E-state index contributed by atoms with van der Waals surface area (Å²) in [5.41, 5.74) is 14.6.